The number of nitrogens with zero attached hydrogens (tertiary/aromatic N) is 3. The molecule has 0 unspecified atom stereocenters. The van der Waals surface area contributed by atoms with Gasteiger partial charge in [0.15, 0.2) is 0 Å². The Balaban J connectivity index is 1.29. The molecule has 9 nitrogen and oxygen atoms in total. The fourth-order valence-electron chi connectivity index (χ4n) is 5.75. The number of hydrogen-bond donors (Lipinski definition) is 0. The van der Waals surface area contributed by atoms with Gasteiger partial charge >= 0.3 is 16.2 Å². The first-order valence-electron chi connectivity index (χ1n) is 15.5. The van der Waals surface area contributed by atoms with Crippen molar-refractivity contribution < 1.29 is 26.9 Å². The lowest BCUT2D eigenvalue weighted by Gasteiger charge is -2.37. The molecule has 4 aromatic rings. The summed E-state index contributed by atoms with van der Waals surface area (Å²) in [6.07, 6.45) is 5.53. The predicted molar refractivity (Wildman–Crippen MR) is 177 cm³/mol. The molecule has 2 amide bonds. The molecule has 10 heteroatoms. The monoisotopic (exact) mass is 643 g/mol. The highest BCUT2D eigenvalue weighted by Crippen LogP contribution is 2.27. The van der Waals surface area contributed by atoms with Crippen molar-refractivity contribution in [2.24, 2.45) is 5.92 Å². The number of ether oxygens (including phenoxy) is 1. The van der Waals surface area contributed by atoms with Crippen molar-refractivity contribution in [1.82, 2.24) is 14.8 Å². The van der Waals surface area contributed by atoms with E-state index in [0.29, 0.717) is 29.8 Å². The molecule has 1 aliphatic rings. The van der Waals surface area contributed by atoms with Crippen LogP contribution in [0.1, 0.15) is 44.7 Å². The Morgan fingerprint density at radius 1 is 0.935 bits per heavy atom. The van der Waals surface area contributed by atoms with Gasteiger partial charge in [-0.05, 0) is 81.3 Å². The van der Waals surface area contributed by atoms with Crippen LogP contribution in [0, 0.1) is 5.92 Å². The highest BCUT2D eigenvalue weighted by Gasteiger charge is 2.35. The van der Waals surface area contributed by atoms with Crippen LogP contribution in [0.15, 0.2) is 96.2 Å². The first-order valence-corrected chi connectivity index (χ1v) is 16.9. The molecule has 46 heavy (non-hydrogen) atoms. The number of benzene rings is 3. The zero-order chi connectivity index (χ0) is 32.9. The Bertz CT molecular complexity index is 1760. The number of rotatable bonds is 9. The van der Waals surface area contributed by atoms with Gasteiger partial charge in [0.25, 0.3) is 0 Å². The fourth-order valence-corrected chi connectivity index (χ4v) is 6.91. The maximum Gasteiger partial charge on any atom is 0.410 e. The first kappa shape index (κ1) is 32.9. The highest BCUT2D eigenvalue weighted by atomic mass is 32.2. The smallest absolute Gasteiger partial charge is 0.410 e. The lowest BCUT2D eigenvalue weighted by molar-refractivity contribution is -0.137. The predicted octanol–water partition coefficient (Wildman–Crippen LogP) is 6.26. The number of aromatic nitrogens is 1. The van der Waals surface area contributed by atoms with Crippen LogP contribution in [-0.2, 0) is 32.5 Å². The van der Waals surface area contributed by atoms with Gasteiger partial charge in [-0.25, -0.2) is 4.79 Å². The number of likely N-dealkylation sites (tertiary alicyclic amines) is 1. The fraction of sp³-hybridized carbons (Fsp3) is 0.361. The molecule has 1 fully saturated rings. The van der Waals surface area contributed by atoms with Crippen LogP contribution in [0.2, 0.25) is 0 Å². The summed E-state index contributed by atoms with van der Waals surface area (Å²) < 4.78 is 37.5. The molecule has 1 saturated heterocycles. The normalized spacial score (nSPS) is 14.9. The molecular weight excluding hydrogens is 602 g/mol. The Morgan fingerprint density at radius 2 is 1.63 bits per heavy atom. The number of carbonyl (C=O) groups is 2. The second kappa shape index (κ2) is 13.9. The summed E-state index contributed by atoms with van der Waals surface area (Å²) in [6, 6.07) is 22.7. The third-order valence-corrected chi connectivity index (χ3v) is 9.50. The van der Waals surface area contributed by atoms with Gasteiger partial charge in [0.05, 0.1) is 0 Å². The van der Waals surface area contributed by atoms with Gasteiger partial charge in [-0.15, -0.1) is 0 Å². The van der Waals surface area contributed by atoms with E-state index < -0.39 is 27.9 Å². The molecular formula is C36H41N3O6S. The molecule has 1 aromatic heterocycles. The Morgan fingerprint density at radius 3 is 2.30 bits per heavy atom. The molecule has 0 aliphatic carbocycles. The third-order valence-electron chi connectivity index (χ3n) is 8.20. The number of hydrogen-bond acceptors (Lipinski definition) is 7. The molecule has 1 atom stereocenters. The van der Waals surface area contributed by atoms with Crippen LogP contribution in [-0.4, -0.2) is 67.0 Å². The topological polar surface area (TPSA) is 106 Å². The largest absolute Gasteiger partial charge is 0.444 e. The zero-order valence-corrected chi connectivity index (χ0v) is 27.6. The number of amides is 2. The molecule has 0 radical (unpaired) electrons. The van der Waals surface area contributed by atoms with E-state index in [-0.39, 0.29) is 23.0 Å². The van der Waals surface area contributed by atoms with E-state index in [1.165, 1.54) is 22.7 Å². The average molecular weight is 644 g/mol. The summed E-state index contributed by atoms with van der Waals surface area (Å²) in [5.74, 6) is 0.487. The minimum Gasteiger partial charge on any atom is -0.444 e. The van der Waals surface area contributed by atoms with Crippen molar-refractivity contribution in [3.63, 3.8) is 0 Å². The summed E-state index contributed by atoms with van der Waals surface area (Å²) >= 11 is 0. The molecule has 0 spiro atoms. The lowest BCUT2D eigenvalue weighted by atomic mass is 9.89. The van der Waals surface area contributed by atoms with E-state index in [1.807, 2.05) is 23.1 Å². The first-order chi connectivity index (χ1) is 21.9. The van der Waals surface area contributed by atoms with Crippen LogP contribution in [0.3, 0.4) is 0 Å². The van der Waals surface area contributed by atoms with E-state index in [0.717, 1.165) is 24.8 Å². The summed E-state index contributed by atoms with van der Waals surface area (Å²) in [7, 11) is -2.54. The van der Waals surface area contributed by atoms with E-state index in [2.05, 4.69) is 17.1 Å². The van der Waals surface area contributed by atoms with Gasteiger partial charge in [-0.1, -0.05) is 54.6 Å². The van der Waals surface area contributed by atoms with Crippen molar-refractivity contribution in [3.8, 4) is 5.75 Å². The standard InChI is InChI=1S/C36H41N3O6S/c1-36(2,3)44-35(41)38(4)32(34(40)39-21-18-28(19-22-39)23-26-9-6-5-7-10-26)24-27-13-15-30(16-14-27)45-46(42,43)33-12-8-11-29-25-37-20-17-31(29)33/h5-17,20,25,28,32H,18-19,21-24H2,1-4H3/t32-/m0/s1. The molecule has 5 rings (SSSR count). The van der Waals surface area contributed by atoms with Crippen LogP contribution in [0.4, 0.5) is 4.79 Å². The van der Waals surface area contributed by atoms with Crippen molar-refractivity contribution in [3.05, 3.63) is 102 Å². The minimum absolute atomic E-state index is 0.0497. The maximum absolute atomic E-state index is 14.0. The van der Waals surface area contributed by atoms with Gasteiger partial charge < -0.3 is 13.8 Å². The third kappa shape index (κ3) is 8.23. The van der Waals surface area contributed by atoms with Crippen molar-refractivity contribution >= 4 is 32.9 Å². The van der Waals surface area contributed by atoms with Gasteiger partial charge in [0.1, 0.15) is 22.3 Å². The minimum atomic E-state index is -4.13. The Hall–Kier alpha value is -4.44. The zero-order valence-electron chi connectivity index (χ0n) is 26.8. The lowest BCUT2D eigenvalue weighted by Crippen LogP contribution is -2.53. The van der Waals surface area contributed by atoms with Crippen molar-refractivity contribution in [2.75, 3.05) is 20.1 Å². The van der Waals surface area contributed by atoms with Gasteiger partial charge in [-0.3, -0.25) is 14.7 Å². The van der Waals surface area contributed by atoms with Crippen LogP contribution in [0.5, 0.6) is 5.75 Å². The number of piperidine rings is 1. The number of carbonyl (C=O) groups excluding carboxylic acids is 2. The molecule has 0 bridgehead atoms. The highest BCUT2D eigenvalue weighted by molar-refractivity contribution is 7.87. The number of fused-ring (bicyclic) bond motifs is 1. The second-order valence-corrected chi connectivity index (χ2v) is 14.3. The second-order valence-electron chi connectivity index (χ2n) is 12.8. The van der Waals surface area contributed by atoms with Crippen molar-refractivity contribution in [2.45, 2.75) is 63.0 Å². The van der Waals surface area contributed by atoms with Gasteiger partial charge in [0, 0.05) is 49.7 Å². The van der Waals surface area contributed by atoms with Crippen LogP contribution < -0.4 is 4.18 Å². The van der Waals surface area contributed by atoms with Gasteiger partial charge in [0.2, 0.25) is 5.91 Å². The SMILES string of the molecule is CN(C(=O)OC(C)(C)C)[C@@H](Cc1ccc(OS(=O)(=O)c2cccc3cnccc23)cc1)C(=O)N1CCC(Cc2ccccc2)CC1. The van der Waals surface area contributed by atoms with Crippen LogP contribution >= 0.6 is 0 Å². The summed E-state index contributed by atoms with van der Waals surface area (Å²) in [5.41, 5.74) is 1.32. The quantitative estimate of drug-likeness (QED) is 0.198. The Kier molecular flexibility index (Phi) is 9.96. The summed E-state index contributed by atoms with van der Waals surface area (Å²) in [5, 5.41) is 1.21. The van der Waals surface area contributed by atoms with Gasteiger partial charge in [-0.2, -0.15) is 8.42 Å². The summed E-state index contributed by atoms with van der Waals surface area (Å²) in [6.45, 7) is 6.59. The molecule has 242 valence electrons. The van der Waals surface area contributed by atoms with E-state index in [9.17, 15) is 18.0 Å². The van der Waals surface area contributed by atoms with Crippen LogP contribution in [0.25, 0.3) is 10.8 Å². The van der Waals surface area contributed by atoms with Crippen molar-refractivity contribution in [1.29, 1.82) is 0 Å². The van der Waals surface area contributed by atoms with E-state index in [1.54, 1.807) is 76.5 Å². The molecule has 2 heterocycles. The molecule has 0 saturated carbocycles. The summed E-state index contributed by atoms with van der Waals surface area (Å²) in [4.78, 5) is 34.4. The Labute approximate surface area is 271 Å². The molecule has 0 N–H and O–H groups in total. The van der Waals surface area contributed by atoms with E-state index in [4.69, 9.17) is 8.92 Å². The molecule has 1 aliphatic heterocycles. The average Bonchev–Trinajstić information content (AvgIpc) is 3.03. The molecule has 3 aromatic carbocycles. The van der Waals surface area contributed by atoms with E-state index >= 15 is 0 Å². The number of likely N-dealkylation sites (N-methyl/N-ethyl adjacent to an activating group) is 1. The number of pyridine rings is 1. The maximum atomic E-state index is 14.0.